The highest BCUT2D eigenvalue weighted by molar-refractivity contribution is 7.89. The van der Waals surface area contributed by atoms with Crippen molar-refractivity contribution in [3.05, 3.63) is 65.2 Å². The fourth-order valence-electron chi connectivity index (χ4n) is 3.06. The zero-order valence-corrected chi connectivity index (χ0v) is 19.1. The Bertz CT molecular complexity index is 1030. The maximum absolute atomic E-state index is 13.1. The van der Waals surface area contributed by atoms with Gasteiger partial charge in [0.2, 0.25) is 10.0 Å². The van der Waals surface area contributed by atoms with E-state index < -0.39 is 39.1 Å². The Balaban J connectivity index is 2.25. The number of carbonyl (C=O) groups is 1. The molecule has 0 aromatic heterocycles. The molecule has 2 aromatic carbocycles. The predicted octanol–water partition coefficient (Wildman–Crippen LogP) is 4.15. The van der Waals surface area contributed by atoms with Gasteiger partial charge in [0.05, 0.1) is 23.1 Å². The quantitative estimate of drug-likeness (QED) is 0.566. The molecule has 0 aliphatic carbocycles. The lowest BCUT2D eigenvalue weighted by atomic mass is 9.81. The molecule has 1 unspecified atom stereocenters. The van der Waals surface area contributed by atoms with Gasteiger partial charge in [-0.3, -0.25) is 4.79 Å². The topological polar surface area (TPSA) is 84.5 Å². The average molecular weight is 473 g/mol. The molecule has 0 spiro atoms. The maximum Gasteiger partial charge on any atom is 0.416 e. The van der Waals surface area contributed by atoms with Crippen molar-refractivity contribution in [1.29, 1.82) is 0 Å². The van der Waals surface area contributed by atoms with Crippen LogP contribution in [0.1, 0.15) is 48.3 Å². The third-order valence-corrected chi connectivity index (χ3v) is 6.19. The zero-order valence-electron chi connectivity index (χ0n) is 18.3. The standard InChI is InChI=1S/C22H27F3N2O4S/c1-21(2,3)19(16-6-5-7-17(14-16)22(23,24)25)27-20(28)15-8-10-18(11-9-15)32(29,30)26-12-13-31-4/h5-11,14,19,26H,12-13H2,1-4H3,(H,27,28). The number of amides is 1. The number of nitrogens with one attached hydrogen (secondary N) is 2. The number of benzene rings is 2. The van der Waals surface area contributed by atoms with Gasteiger partial charge in [-0.1, -0.05) is 32.9 Å². The van der Waals surface area contributed by atoms with Crippen LogP contribution < -0.4 is 10.0 Å². The van der Waals surface area contributed by atoms with E-state index in [1.165, 1.54) is 43.5 Å². The van der Waals surface area contributed by atoms with E-state index >= 15 is 0 Å². The van der Waals surface area contributed by atoms with Crippen molar-refractivity contribution in [2.75, 3.05) is 20.3 Å². The van der Waals surface area contributed by atoms with Gasteiger partial charge in [0.25, 0.3) is 5.91 Å². The molecule has 2 rings (SSSR count). The number of hydrogen-bond acceptors (Lipinski definition) is 4. The van der Waals surface area contributed by atoms with E-state index in [0.29, 0.717) is 5.56 Å². The molecule has 32 heavy (non-hydrogen) atoms. The van der Waals surface area contributed by atoms with Crippen LogP contribution in [0, 0.1) is 5.41 Å². The molecule has 2 N–H and O–H groups in total. The smallest absolute Gasteiger partial charge is 0.383 e. The van der Waals surface area contributed by atoms with E-state index in [9.17, 15) is 26.4 Å². The number of rotatable bonds is 8. The second-order valence-corrected chi connectivity index (χ2v) is 10.1. The molecule has 10 heteroatoms. The van der Waals surface area contributed by atoms with Crippen LogP contribution >= 0.6 is 0 Å². The first-order valence-corrected chi connectivity index (χ1v) is 11.3. The van der Waals surface area contributed by atoms with E-state index in [1.54, 1.807) is 20.8 Å². The predicted molar refractivity (Wildman–Crippen MR) is 115 cm³/mol. The monoisotopic (exact) mass is 472 g/mol. The van der Waals surface area contributed by atoms with Crippen molar-refractivity contribution in [3.8, 4) is 0 Å². The summed E-state index contributed by atoms with van der Waals surface area (Å²) in [5, 5.41) is 2.78. The van der Waals surface area contributed by atoms with Gasteiger partial charge in [-0.15, -0.1) is 0 Å². The van der Waals surface area contributed by atoms with Crippen LogP contribution in [0.4, 0.5) is 13.2 Å². The Hall–Kier alpha value is -2.43. The van der Waals surface area contributed by atoms with Gasteiger partial charge >= 0.3 is 6.18 Å². The van der Waals surface area contributed by atoms with Crippen LogP contribution in [-0.4, -0.2) is 34.6 Å². The van der Waals surface area contributed by atoms with Gasteiger partial charge in [-0.05, 0) is 47.4 Å². The highest BCUT2D eigenvalue weighted by atomic mass is 32.2. The van der Waals surface area contributed by atoms with Crippen LogP contribution in [-0.2, 0) is 20.9 Å². The third-order valence-electron chi connectivity index (χ3n) is 4.71. The summed E-state index contributed by atoms with van der Waals surface area (Å²) in [6.45, 7) is 5.73. The number of methoxy groups -OCH3 is 1. The Morgan fingerprint density at radius 1 is 1.06 bits per heavy atom. The minimum atomic E-state index is -4.50. The minimum absolute atomic E-state index is 0.0181. The first-order chi connectivity index (χ1) is 14.8. The first-order valence-electron chi connectivity index (χ1n) is 9.82. The van der Waals surface area contributed by atoms with E-state index in [2.05, 4.69) is 10.0 Å². The van der Waals surface area contributed by atoms with Gasteiger partial charge in [0.1, 0.15) is 0 Å². The second-order valence-electron chi connectivity index (χ2n) is 8.31. The fourth-order valence-corrected chi connectivity index (χ4v) is 4.07. The summed E-state index contributed by atoms with van der Waals surface area (Å²) in [5.74, 6) is -0.529. The Morgan fingerprint density at radius 2 is 1.69 bits per heavy atom. The average Bonchev–Trinajstić information content (AvgIpc) is 2.70. The number of hydrogen-bond donors (Lipinski definition) is 2. The Labute approximate surface area is 186 Å². The normalized spacial score (nSPS) is 13.6. The molecule has 0 bridgehead atoms. The molecule has 176 valence electrons. The second kappa shape index (κ2) is 10.0. The van der Waals surface area contributed by atoms with Gasteiger partial charge in [-0.2, -0.15) is 13.2 Å². The molecule has 0 saturated carbocycles. The number of alkyl halides is 3. The minimum Gasteiger partial charge on any atom is -0.383 e. The van der Waals surface area contributed by atoms with Crippen molar-refractivity contribution < 1.29 is 31.1 Å². The van der Waals surface area contributed by atoms with Gasteiger partial charge in [0.15, 0.2) is 0 Å². The van der Waals surface area contributed by atoms with Crippen LogP contribution in [0.15, 0.2) is 53.4 Å². The molecule has 6 nitrogen and oxygen atoms in total. The van der Waals surface area contributed by atoms with E-state index in [4.69, 9.17) is 4.74 Å². The summed E-state index contributed by atoms with van der Waals surface area (Å²) in [6.07, 6.45) is -4.50. The highest BCUT2D eigenvalue weighted by Gasteiger charge is 2.33. The molecule has 1 amide bonds. The number of halogens is 3. The van der Waals surface area contributed by atoms with Crippen molar-refractivity contribution in [2.24, 2.45) is 5.41 Å². The number of ether oxygens (including phenoxy) is 1. The van der Waals surface area contributed by atoms with Gasteiger partial charge in [-0.25, -0.2) is 13.1 Å². The van der Waals surface area contributed by atoms with E-state index in [1.807, 2.05) is 0 Å². The van der Waals surface area contributed by atoms with Crippen molar-refractivity contribution >= 4 is 15.9 Å². The molecule has 0 fully saturated rings. The summed E-state index contributed by atoms with van der Waals surface area (Å²) >= 11 is 0. The molecular formula is C22H27F3N2O4S. The third kappa shape index (κ3) is 6.78. The molecule has 0 aliphatic rings. The maximum atomic E-state index is 13.1. The van der Waals surface area contributed by atoms with Crippen LogP contribution in [0.5, 0.6) is 0 Å². The molecular weight excluding hydrogens is 445 g/mol. The lowest BCUT2D eigenvalue weighted by Crippen LogP contribution is -2.36. The van der Waals surface area contributed by atoms with Crippen molar-refractivity contribution in [2.45, 2.75) is 37.9 Å². The highest BCUT2D eigenvalue weighted by Crippen LogP contribution is 2.36. The molecule has 0 saturated heterocycles. The SMILES string of the molecule is COCCNS(=O)(=O)c1ccc(C(=O)NC(c2cccc(C(F)(F)F)c2)C(C)(C)C)cc1. The van der Waals surface area contributed by atoms with Crippen molar-refractivity contribution in [3.63, 3.8) is 0 Å². The number of carbonyl (C=O) groups excluding carboxylic acids is 1. The van der Waals surface area contributed by atoms with Crippen LogP contribution in [0.3, 0.4) is 0 Å². The lowest BCUT2D eigenvalue weighted by Gasteiger charge is -2.32. The number of sulfonamides is 1. The lowest BCUT2D eigenvalue weighted by molar-refractivity contribution is -0.137. The summed E-state index contributed by atoms with van der Waals surface area (Å²) < 4.78 is 71.1. The van der Waals surface area contributed by atoms with Crippen LogP contribution in [0.25, 0.3) is 0 Å². The molecule has 0 radical (unpaired) electrons. The Morgan fingerprint density at radius 3 is 2.22 bits per heavy atom. The van der Waals surface area contributed by atoms with E-state index in [-0.39, 0.29) is 23.6 Å². The summed E-state index contributed by atoms with van der Waals surface area (Å²) in [4.78, 5) is 12.8. The molecule has 2 aromatic rings. The fraction of sp³-hybridized carbons (Fsp3) is 0.409. The van der Waals surface area contributed by atoms with Crippen LogP contribution in [0.2, 0.25) is 0 Å². The molecule has 0 aliphatic heterocycles. The summed E-state index contributed by atoms with van der Waals surface area (Å²) in [5.41, 5.74) is -0.882. The molecule has 1 atom stereocenters. The zero-order chi connectivity index (χ0) is 24.2. The molecule has 0 heterocycles. The Kier molecular flexibility index (Phi) is 8.08. The van der Waals surface area contributed by atoms with Crippen molar-refractivity contribution in [1.82, 2.24) is 10.0 Å². The van der Waals surface area contributed by atoms with E-state index in [0.717, 1.165) is 12.1 Å². The van der Waals surface area contributed by atoms with Gasteiger partial charge < -0.3 is 10.1 Å². The largest absolute Gasteiger partial charge is 0.416 e. The van der Waals surface area contributed by atoms with Gasteiger partial charge in [0, 0.05) is 19.2 Å². The summed E-state index contributed by atoms with van der Waals surface area (Å²) in [7, 11) is -2.30. The summed E-state index contributed by atoms with van der Waals surface area (Å²) in [6, 6.07) is 9.42. The first kappa shape index (κ1) is 25.8.